The predicted octanol–water partition coefficient (Wildman–Crippen LogP) is 4.73. The van der Waals surface area contributed by atoms with Crippen molar-refractivity contribution in [3.05, 3.63) is 34.9 Å². The fraction of sp³-hybridized carbons (Fsp3) is 0.684. The average molecular weight is 287 g/mol. The molecule has 0 spiro atoms. The molecule has 0 radical (unpaired) electrons. The van der Waals surface area contributed by atoms with E-state index >= 15 is 0 Å². The Hall–Kier alpha value is -0.860. The van der Waals surface area contributed by atoms with Gasteiger partial charge in [0.25, 0.3) is 0 Å². The summed E-state index contributed by atoms with van der Waals surface area (Å²) < 4.78 is 5.58. The lowest BCUT2D eigenvalue weighted by atomic mass is 9.86. The van der Waals surface area contributed by atoms with Gasteiger partial charge in [-0.1, -0.05) is 50.8 Å². The first-order valence-corrected chi connectivity index (χ1v) is 8.81. The monoisotopic (exact) mass is 287 g/mol. The maximum Gasteiger partial charge on any atom is 0.0725 e. The van der Waals surface area contributed by atoms with Crippen LogP contribution < -0.4 is 5.32 Å². The lowest BCUT2D eigenvalue weighted by Gasteiger charge is -2.28. The standard InChI is InChI=1S/C19H29NO/c1-2-11-20-19(15-7-5-3-4-6-8-15)16-9-10-17-13-21-14-18(17)12-16/h9-10,12,15,19-20H,2-8,11,13-14H2,1H3. The molecule has 1 unspecified atom stereocenters. The summed E-state index contributed by atoms with van der Waals surface area (Å²) in [6.45, 7) is 4.98. The Kier molecular flexibility index (Phi) is 5.32. The van der Waals surface area contributed by atoms with Crippen LogP contribution >= 0.6 is 0 Å². The number of benzene rings is 1. The van der Waals surface area contributed by atoms with Crippen LogP contribution in [0.4, 0.5) is 0 Å². The molecule has 1 saturated carbocycles. The molecule has 1 heterocycles. The van der Waals surface area contributed by atoms with Gasteiger partial charge in [-0.05, 0) is 48.4 Å². The van der Waals surface area contributed by atoms with Crippen molar-refractivity contribution in [3.63, 3.8) is 0 Å². The number of fused-ring (bicyclic) bond motifs is 1. The Morgan fingerprint density at radius 2 is 1.86 bits per heavy atom. The molecule has 2 nitrogen and oxygen atoms in total. The highest BCUT2D eigenvalue weighted by Crippen LogP contribution is 2.35. The molecular formula is C19H29NO. The van der Waals surface area contributed by atoms with E-state index < -0.39 is 0 Å². The lowest BCUT2D eigenvalue weighted by molar-refractivity contribution is 0.134. The van der Waals surface area contributed by atoms with Gasteiger partial charge in [0.15, 0.2) is 0 Å². The first-order chi connectivity index (χ1) is 10.4. The molecule has 0 bridgehead atoms. The summed E-state index contributed by atoms with van der Waals surface area (Å²) >= 11 is 0. The Labute approximate surface area is 129 Å². The summed E-state index contributed by atoms with van der Waals surface area (Å²) in [5.41, 5.74) is 4.28. The number of hydrogen-bond acceptors (Lipinski definition) is 2. The highest BCUT2D eigenvalue weighted by molar-refractivity contribution is 5.35. The molecule has 2 heteroatoms. The van der Waals surface area contributed by atoms with Crippen LogP contribution in [-0.2, 0) is 18.0 Å². The summed E-state index contributed by atoms with van der Waals surface area (Å²) in [5, 5.41) is 3.83. The fourth-order valence-corrected chi connectivity index (χ4v) is 3.89. The molecule has 1 aromatic rings. The summed E-state index contributed by atoms with van der Waals surface area (Å²) in [4.78, 5) is 0. The minimum atomic E-state index is 0.536. The molecule has 2 aliphatic rings. The summed E-state index contributed by atoms with van der Waals surface area (Å²) in [6.07, 6.45) is 9.64. The average Bonchev–Trinajstić information content (AvgIpc) is 2.81. The van der Waals surface area contributed by atoms with E-state index in [-0.39, 0.29) is 0 Å². The zero-order valence-electron chi connectivity index (χ0n) is 13.4. The van der Waals surface area contributed by atoms with Crippen LogP contribution in [0.2, 0.25) is 0 Å². The SMILES string of the molecule is CCCNC(c1ccc2c(c1)COC2)C1CCCCCC1. The van der Waals surface area contributed by atoms with Crippen molar-refractivity contribution in [3.8, 4) is 0 Å². The van der Waals surface area contributed by atoms with Crippen LogP contribution in [0.5, 0.6) is 0 Å². The second-order valence-corrected chi connectivity index (χ2v) is 6.70. The molecular weight excluding hydrogens is 258 g/mol. The summed E-state index contributed by atoms with van der Waals surface area (Å²) in [5.74, 6) is 0.805. The smallest absolute Gasteiger partial charge is 0.0725 e. The Balaban J connectivity index is 1.80. The van der Waals surface area contributed by atoms with Crippen LogP contribution in [0.15, 0.2) is 18.2 Å². The van der Waals surface area contributed by atoms with Crippen LogP contribution in [-0.4, -0.2) is 6.54 Å². The normalized spacial score (nSPS) is 21.0. The molecule has 1 N–H and O–H groups in total. The van der Waals surface area contributed by atoms with Gasteiger partial charge < -0.3 is 10.1 Å². The molecule has 21 heavy (non-hydrogen) atoms. The van der Waals surface area contributed by atoms with Crippen LogP contribution in [0.1, 0.15) is 74.6 Å². The Morgan fingerprint density at radius 3 is 2.62 bits per heavy atom. The zero-order valence-corrected chi connectivity index (χ0v) is 13.4. The Morgan fingerprint density at radius 1 is 1.10 bits per heavy atom. The highest BCUT2D eigenvalue weighted by atomic mass is 16.5. The minimum absolute atomic E-state index is 0.536. The van der Waals surface area contributed by atoms with Crippen molar-refractivity contribution in [2.75, 3.05) is 6.54 Å². The van der Waals surface area contributed by atoms with Crippen molar-refractivity contribution in [1.29, 1.82) is 0 Å². The number of nitrogens with one attached hydrogen (secondary N) is 1. The summed E-state index contributed by atoms with van der Waals surface area (Å²) in [6, 6.07) is 7.57. The lowest BCUT2D eigenvalue weighted by Crippen LogP contribution is -2.29. The van der Waals surface area contributed by atoms with Crippen molar-refractivity contribution < 1.29 is 4.74 Å². The van der Waals surface area contributed by atoms with Crippen molar-refractivity contribution in [2.45, 2.75) is 71.1 Å². The second kappa shape index (κ2) is 7.42. The van der Waals surface area contributed by atoms with Crippen LogP contribution in [0.3, 0.4) is 0 Å². The fourth-order valence-electron chi connectivity index (χ4n) is 3.89. The Bertz CT molecular complexity index is 449. The number of rotatable bonds is 5. The van der Waals surface area contributed by atoms with Crippen LogP contribution in [0.25, 0.3) is 0 Å². The molecule has 1 aromatic carbocycles. The van der Waals surface area contributed by atoms with Gasteiger partial charge in [0.2, 0.25) is 0 Å². The minimum Gasteiger partial charge on any atom is -0.372 e. The first kappa shape index (κ1) is 15.1. The third-order valence-electron chi connectivity index (χ3n) is 5.09. The molecule has 0 amide bonds. The van der Waals surface area contributed by atoms with E-state index in [9.17, 15) is 0 Å². The van der Waals surface area contributed by atoms with Gasteiger partial charge in [0.05, 0.1) is 13.2 Å². The topological polar surface area (TPSA) is 21.3 Å². The van der Waals surface area contributed by atoms with Crippen molar-refractivity contribution in [2.24, 2.45) is 5.92 Å². The van der Waals surface area contributed by atoms with Gasteiger partial charge in [-0.25, -0.2) is 0 Å². The number of hydrogen-bond donors (Lipinski definition) is 1. The van der Waals surface area contributed by atoms with Crippen molar-refractivity contribution >= 4 is 0 Å². The van der Waals surface area contributed by atoms with E-state index in [0.717, 1.165) is 25.7 Å². The highest BCUT2D eigenvalue weighted by Gasteiger charge is 2.25. The maximum absolute atomic E-state index is 5.58. The van der Waals surface area contributed by atoms with E-state index in [1.165, 1.54) is 61.6 Å². The third-order valence-corrected chi connectivity index (χ3v) is 5.09. The van der Waals surface area contributed by atoms with Gasteiger partial charge >= 0.3 is 0 Å². The molecule has 1 aliphatic carbocycles. The second-order valence-electron chi connectivity index (χ2n) is 6.70. The molecule has 0 saturated heterocycles. The van der Waals surface area contributed by atoms with Crippen LogP contribution in [0, 0.1) is 5.92 Å². The summed E-state index contributed by atoms with van der Waals surface area (Å²) in [7, 11) is 0. The molecule has 1 aliphatic heterocycles. The van der Waals surface area contributed by atoms with Gasteiger partial charge in [-0.2, -0.15) is 0 Å². The molecule has 1 fully saturated rings. The van der Waals surface area contributed by atoms with Gasteiger partial charge in [0, 0.05) is 6.04 Å². The largest absolute Gasteiger partial charge is 0.372 e. The molecule has 116 valence electrons. The van der Waals surface area contributed by atoms with Gasteiger partial charge in [-0.3, -0.25) is 0 Å². The quantitative estimate of drug-likeness (QED) is 0.791. The first-order valence-electron chi connectivity index (χ1n) is 8.81. The van der Waals surface area contributed by atoms with E-state index in [1.807, 2.05) is 0 Å². The molecule has 0 aromatic heterocycles. The van der Waals surface area contributed by atoms with Crippen molar-refractivity contribution in [1.82, 2.24) is 5.32 Å². The van der Waals surface area contributed by atoms with Gasteiger partial charge in [0.1, 0.15) is 0 Å². The maximum atomic E-state index is 5.58. The van der Waals surface area contributed by atoms with E-state index in [1.54, 1.807) is 0 Å². The van der Waals surface area contributed by atoms with Gasteiger partial charge in [-0.15, -0.1) is 0 Å². The zero-order chi connectivity index (χ0) is 14.5. The number of ether oxygens (including phenoxy) is 1. The molecule has 3 rings (SSSR count). The van der Waals surface area contributed by atoms with E-state index in [2.05, 4.69) is 30.4 Å². The predicted molar refractivity (Wildman–Crippen MR) is 87.2 cm³/mol. The van der Waals surface area contributed by atoms with E-state index in [4.69, 9.17) is 4.74 Å². The molecule has 1 atom stereocenters. The van der Waals surface area contributed by atoms with E-state index in [0.29, 0.717) is 6.04 Å². The third kappa shape index (κ3) is 3.67.